The third-order valence-corrected chi connectivity index (χ3v) is 2.39. The molecule has 0 atom stereocenters. The summed E-state index contributed by atoms with van der Waals surface area (Å²) in [5.41, 5.74) is 5.73. The number of carbonyl (C=O) groups is 2. The van der Waals surface area contributed by atoms with Crippen LogP contribution in [0.5, 0.6) is 0 Å². The Bertz CT molecular complexity index is 465. The highest BCUT2D eigenvalue weighted by atomic mass is 35.5. The molecule has 104 valence electrons. The van der Waals surface area contributed by atoms with Crippen molar-refractivity contribution in [3.63, 3.8) is 0 Å². The molecule has 0 unspecified atom stereocenters. The van der Waals surface area contributed by atoms with E-state index in [1.807, 2.05) is 0 Å². The van der Waals surface area contributed by atoms with Gasteiger partial charge in [0.05, 0.1) is 25.0 Å². The molecule has 0 bridgehead atoms. The molecule has 0 aliphatic carbocycles. The summed E-state index contributed by atoms with van der Waals surface area (Å²) in [7, 11) is 1.25. The van der Waals surface area contributed by atoms with Crippen LogP contribution in [0.4, 0.5) is 5.69 Å². The molecule has 0 spiro atoms. The molecule has 1 aromatic rings. The van der Waals surface area contributed by atoms with E-state index < -0.39 is 5.97 Å². The van der Waals surface area contributed by atoms with Gasteiger partial charge in [-0.25, -0.2) is 4.79 Å². The first-order valence-corrected chi connectivity index (χ1v) is 5.91. The van der Waals surface area contributed by atoms with E-state index in [1.54, 1.807) is 6.07 Å². The molecule has 0 aromatic heterocycles. The molecule has 0 saturated carbocycles. The summed E-state index contributed by atoms with van der Waals surface area (Å²) < 4.78 is 9.60. The number of ether oxygens (including phenoxy) is 2. The normalized spacial score (nSPS) is 10.1. The van der Waals surface area contributed by atoms with E-state index in [0.717, 1.165) is 0 Å². The Labute approximate surface area is 115 Å². The molecule has 7 heteroatoms. The first-order chi connectivity index (χ1) is 9.08. The van der Waals surface area contributed by atoms with Gasteiger partial charge in [-0.15, -0.1) is 0 Å². The average molecular weight is 287 g/mol. The number of benzene rings is 1. The number of nitrogens with two attached hydrogens (primary N) is 1. The fourth-order valence-corrected chi connectivity index (χ4v) is 1.51. The van der Waals surface area contributed by atoms with Crippen molar-refractivity contribution in [1.82, 2.24) is 0 Å². The Hall–Kier alpha value is -1.63. The topological polar surface area (TPSA) is 90.6 Å². The van der Waals surface area contributed by atoms with E-state index in [9.17, 15) is 9.59 Å². The Morgan fingerprint density at radius 3 is 2.79 bits per heavy atom. The number of esters is 1. The van der Waals surface area contributed by atoms with E-state index >= 15 is 0 Å². The van der Waals surface area contributed by atoms with Crippen molar-refractivity contribution in [2.75, 3.05) is 32.2 Å². The lowest BCUT2D eigenvalue weighted by Crippen LogP contribution is -2.22. The van der Waals surface area contributed by atoms with Crippen LogP contribution < -0.4 is 11.1 Å². The van der Waals surface area contributed by atoms with Gasteiger partial charge in [0.15, 0.2) is 0 Å². The second-order valence-corrected chi connectivity index (χ2v) is 4.01. The summed E-state index contributed by atoms with van der Waals surface area (Å²) >= 11 is 5.80. The van der Waals surface area contributed by atoms with Gasteiger partial charge >= 0.3 is 5.97 Å². The van der Waals surface area contributed by atoms with Crippen LogP contribution in [-0.2, 0) is 14.3 Å². The van der Waals surface area contributed by atoms with Crippen LogP contribution in [0.3, 0.4) is 0 Å². The van der Waals surface area contributed by atoms with Crippen LogP contribution in [-0.4, -0.2) is 38.7 Å². The van der Waals surface area contributed by atoms with Gasteiger partial charge in [-0.2, -0.15) is 0 Å². The molecule has 1 aromatic carbocycles. The number of halogens is 1. The largest absolute Gasteiger partial charge is 0.465 e. The van der Waals surface area contributed by atoms with Crippen molar-refractivity contribution in [2.24, 2.45) is 5.73 Å². The number of anilines is 1. The zero-order valence-electron chi connectivity index (χ0n) is 10.4. The Morgan fingerprint density at radius 1 is 1.42 bits per heavy atom. The molecule has 1 rings (SSSR count). The van der Waals surface area contributed by atoms with E-state index in [1.165, 1.54) is 19.2 Å². The molecule has 0 heterocycles. The summed E-state index contributed by atoms with van der Waals surface area (Å²) in [6, 6.07) is 4.50. The Kier molecular flexibility index (Phi) is 6.27. The third-order valence-electron chi connectivity index (χ3n) is 2.16. The number of methoxy groups -OCH3 is 1. The van der Waals surface area contributed by atoms with Gasteiger partial charge in [-0.1, -0.05) is 11.6 Å². The second kappa shape index (κ2) is 7.73. The maximum absolute atomic E-state index is 11.6. The highest BCUT2D eigenvalue weighted by molar-refractivity contribution is 6.31. The van der Waals surface area contributed by atoms with Gasteiger partial charge < -0.3 is 20.5 Å². The fraction of sp³-hybridized carbons (Fsp3) is 0.333. The van der Waals surface area contributed by atoms with Crippen LogP contribution in [0.25, 0.3) is 0 Å². The molecule has 0 saturated heterocycles. The summed E-state index contributed by atoms with van der Waals surface area (Å²) in [5.74, 6) is -0.971. The van der Waals surface area contributed by atoms with Crippen molar-refractivity contribution in [3.8, 4) is 0 Å². The van der Waals surface area contributed by atoms with Crippen LogP contribution in [0.15, 0.2) is 18.2 Å². The van der Waals surface area contributed by atoms with E-state index in [0.29, 0.717) is 17.3 Å². The minimum Gasteiger partial charge on any atom is -0.465 e. The minimum absolute atomic E-state index is 0.138. The van der Waals surface area contributed by atoms with Gasteiger partial charge in [0.25, 0.3) is 0 Å². The minimum atomic E-state index is -0.583. The molecule has 3 N–H and O–H groups in total. The maximum atomic E-state index is 11.6. The summed E-state index contributed by atoms with van der Waals surface area (Å²) in [4.78, 5) is 23.1. The van der Waals surface area contributed by atoms with Gasteiger partial charge in [-0.3, -0.25) is 4.79 Å². The molecular formula is C12H15ClN2O4. The van der Waals surface area contributed by atoms with Crippen LogP contribution >= 0.6 is 11.6 Å². The quantitative estimate of drug-likeness (QED) is 0.602. The monoisotopic (exact) mass is 286 g/mol. The number of nitrogens with one attached hydrogen (secondary N) is 1. The lowest BCUT2D eigenvalue weighted by atomic mass is 10.2. The molecule has 0 fully saturated rings. The fourth-order valence-electron chi connectivity index (χ4n) is 1.34. The van der Waals surface area contributed by atoms with Crippen LogP contribution in [0.1, 0.15) is 10.4 Å². The van der Waals surface area contributed by atoms with Gasteiger partial charge in [-0.05, 0) is 18.2 Å². The molecule has 19 heavy (non-hydrogen) atoms. The summed E-state index contributed by atoms with van der Waals surface area (Å²) in [6.07, 6.45) is 0. The van der Waals surface area contributed by atoms with Crippen LogP contribution in [0.2, 0.25) is 5.02 Å². The first-order valence-electron chi connectivity index (χ1n) is 5.54. The van der Waals surface area contributed by atoms with Crippen molar-refractivity contribution < 1.29 is 19.1 Å². The Morgan fingerprint density at radius 2 is 2.16 bits per heavy atom. The lowest BCUT2D eigenvalue weighted by molar-refractivity contribution is -0.120. The highest BCUT2D eigenvalue weighted by Crippen LogP contribution is 2.21. The maximum Gasteiger partial charge on any atom is 0.340 e. The van der Waals surface area contributed by atoms with Gasteiger partial charge in [0.1, 0.15) is 6.61 Å². The highest BCUT2D eigenvalue weighted by Gasteiger charge is 2.14. The van der Waals surface area contributed by atoms with Crippen molar-refractivity contribution in [3.05, 3.63) is 28.8 Å². The zero-order chi connectivity index (χ0) is 14.3. The summed E-state index contributed by atoms with van der Waals surface area (Å²) in [5, 5.41) is 2.92. The number of hydrogen-bond acceptors (Lipinski definition) is 5. The van der Waals surface area contributed by atoms with Gasteiger partial charge in [0.2, 0.25) is 5.91 Å². The van der Waals surface area contributed by atoms with Crippen molar-refractivity contribution in [1.29, 1.82) is 0 Å². The SMILES string of the molecule is COC(=O)c1cc(Cl)ccc1NC(=O)COCCN. The molecule has 1 amide bonds. The number of hydrogen-bond donors (Lipinski definition) is 2. The standard InChI is InChI=1S/C12H15ClN2O4/c1-18-12(17)9-6-8(13)2-3-10(9)15-11(16)7-19-5-4-14/h2-3,6H,4-5,7,14H2,1H3,(H,15,16). The second-order valence-electron chi connectivity index (χ2n) is 3.57. The first kappa shape index (κ1) is 15.4. The molecule has 0 aliphatic rings. The Balaban J connectivity index is 2.77. The predicted molar refractivity (Wildman–Crippen MR) is 71.3 cm³/mol. The van der Waals surface area contributed by atoms with E-state index in [-0.39, 0.29) is 24.7 Å². The van der Waals surface area contributed by atoms with E-state index in [2.05, 4.69) is 10.1 Å². The van der Waals surface area contributed by atoms with Crippen LogP contribution in [0, 0.1) is 0 Å². The predicted octanol–water partition coefficient (Wildman–Crippen LogP) is 1.04. The van der Waals surface area contributed by atoms with Gasteiger partial charge in [0, 0.05) is 11.6 Å². The van der Waals surface area contributed by atoms with Crippen molar-refractivity contribution in [2.45, 2.75) is 0 Å². The average Bonchev–Trinajstić information content (AvgIpc) is 2.40. The summed E-state index contributed by atoms with van der Waals surface area (Å²) in [6.45, 7) is 0.486. The van der Waals surface area contributed by atoms with Crippen molar-refractivity contribution >= 4 is 29.2 Å². The molecule has 6 nitrogen and oxygen atoms in total. The third kappa shape index (κ3) is 4.86. The molecule has 0 radical (unpaired) electrons. The lowest BCUT2D eigenvalue weighted by Gasteiger charge is -2.10. The number of amides is 1. The number of carbonyl (C=O) groups excluding carboxylic acids is 2. The molecule has 0 aliphatic heterocycles. The smallest absolute Gasteiger partial charge is 0.340 e. The molecular weight excluding hydrogens is 272 g/mol. The zero-order valence-corrected chi connectivity index (χ0v) is 11.2. The van der Waals surface area contributed by atoms with E-state index in [4.69, 9.17) is 22.1 Å². The number of rotatable bonds is 6.